The van der Waals surface area contributed by atoms with E-state index in [9.17, 15) is 9.90 Å². The molecule has 0 saturated heterocycles. The number of rotatable bonds is 1. The number of fused-ring (bicyclic) bond motifs is 7. The van der Waals surface area contributed by atoms with Crippen LogP contribution >= 0.6 is 0 Å². The molecular weight excluding hydrogens is 394 g/mol. The van der Waals surface area contributed by atoms with E-state index in [0.29, 0.717) is 40.8 Å². The standard InChI is InChI=1S/C29H49NO2/c1-24(2)20-11-15-28(7)21(27(20,6)14-12-22(24)31)9-8-19-23-18(25(3,4)32)10-13-26(23,5)16-17-29(19,28)30/h18-21,23,32H,8-17,30H2,1-7H3/t18-,19?,20?,21?,23?,26-,27+,28-,29+/m1/s1. The van der Waals surface area contributed by atoms with Crippen molar-refractivity contribution in [2.24, 2.45) is 57.0 Å². The summed E-state index contributed by atoms with van der Waals surface area (Å²) in [5.74, 6) is 2.98. The van der Waals surface area contributed by atoms with E-state index in [4.69, 9.17) is 5.73 Å². The van der Waals surface area contributed by atoms with Crippen molar-refractivity contribution in [3.63, 3.8) is 0 Å². The Balaban J connectivity index is 1.55. The summed E-state index contributed by atoms with van der Waals surface area (Å²) in [6.45, 7) is 16.1. The molecule has 5 aliphatic carbocycles. The zero-order valence-corrected chi connectivity index (χ0v) is 21.9. The topological polar surface area (TPSA) is 63.3 Å². The number of hydrogen-bond donors (Lipinski definition) is 2. The minimum absolute atomic E-state index is 0.131. The lowest BCUT2D eigenvalue weighted by molar-refractivity contribution is -0.210. The lowest BCUT2D eigenvalue weighted by atomic mass is 9.34. The maximum atomic E-state index is 12.9. The fourth-order valence-corrected chi connectivity index (χ4v) is 11.2. The zero-order chi connectivity index (χ0) is 23.5. The Morgan fingerprint density at radius 2 is 1.56 bits per heavy atom. The van der Waals surface area contributed by atoms with Crippen molar-refractivity contribution in [3.05, 3.63) is 0 Å². The Morgan fingerprint density at radius 1 is 0.875 bits per heavy atom. The lowest BCUT2D eigenvalue weighted by Gasteiger charge is -2.72. The van der Waals surface area contributed by atoms with Crippen LogP contribution in [0.1, 0.15) is 113 Å². The quantitative estimate of drug-likeness (QED) is 0.513. The molecule has 5 aliphatic rings. The number of carbonyl (C=O) groups excluding carboxylic acids is 1. The van der Waals surface area contributed by atoms with Gasteiger partial charge in [0, 0.05) is 17.4 Å². The molecule has 5 rings (SSSR count). The number of ketones is 1. The van der Waals surface area contributed by atoms with Gasteiger partial charge in [-0.05, 0) is 117 Å². The van der Waals surface area contributed by atoms with Gasteiger partial charge in [0.1, 0.15) is 5.78 Å². The van der Waals surface area contributed by atoms with Gasteiger partial charge in [0.25, 0.3) is 0 Å². The average molecular weight is 444 g/mol. The molecule has 5 fully saturated rings. The van der Waals surface area contributed by atoms with Gasteiger partial charge in [0.2, 0.25) is 0 Å². The van der Waals surface area contributed by atoms with Gasteiger partial charge in [-0.1, -0.05) is 34.6 Å². The Bertz CT molecular complexity index is 812. The van der Waals surface area contributed by atoms with Gasteiger partial charge in [-0.25, -0.2) is 0 Å². The first-order valence-corrected chi connectivity index (χ1v) is 13.7. The van der Waals surface area contributed by atoms with Gasteiger partial charge < -0.3 is 10.8 Å². The Kier molecular flexibility index (Phi) is 4.83. The van der Waals surface area contributed by atoms with Gasteiger partial charge in [0.15, 0.2) is 0 Å². The van der Waals surface area contributed by atoms with Crippen LogP contribution in [0.2, 0.25) is 0 Å². The van der Waals surface area contributed by atoms with Crippen LogP contribution in [0.4, 0.5) is 0 Å². The van der Waals surface area contributed by atoms with Crippen molar-refractivity contribution in [1.82, 2.24) is 0 Å². The van der Waals surface area contributed by atoms with Crippen LogP contribution in [0.15, 0.2) is 0 Å². The second-order valence-electron chi connectivity index (χ2n) is 14.9. The second kappa shape index (κ2) is 6.62. The maximum Gasteiger partial charge on any atom is 0.138 e. The van der Waals surface area contributed by atoms with E-state index in [-0.39, 0.29) is 21.8 Å². The molecule has 5 saturated carbocycles. The van der Waals surface area contributed by atoms with Crippen LogP contribution in [0.25, 0.3) is 0 Å². The number of Topliss-reactive ketones (excluding diaryl/α,β-unsaturated/α-hetero) is 1. The highest BCUT2D eigenvalue weighted by molar-refractivity contribution is 5.85. The molecule has 0 amide bonds. The molecular formula is C29H49NO2. The van der Waals surface area contributed by atoms with Crippen LogP contribution in [-0.2, 0) is 4.79 Å². The van der Waals surface area contributed by atoms with Crippen LogP contribution in [0, 0.1) is 51.2 Å². The maximum absolute atomic E-state index is 12.9. The minimum atomic E-state index is -0.629. The van der Waals surface area contributed by atoms with Gasteiger partial charge in [-0.3, -0.25) is 4.79 Å². The minimum Gasteiger partial charge on any atom is -0.390 e. The van der Waals surface area contributed by atoms with Crippen molar-refractivity contribution >= 4 is 5.78 Å². The molecule has 0 aromatic carbocycles. The Labute approximate surface area is 196 Å². The third kappa shape index (κ3) is 2.70. The number of carbonyl (C=O) groups is 1. The molecule has 0 aliphatic heterocycles. The first-order chi connectivity index (χ1) is 14.6. The molecule has 0 aromatic rings. The predicted molar refractivity (Wildman–Crippen MR) is 130 cm³/mol. The zero-order valence-electron chi connectivity index (χ0n) is 21.9. The van der Waals surface area contributed by atoms with Crippen LogP contribution in [-0.4, -0.2) is 22.0 Å². The molecule has 0 heterocycles. The number of nitrogens with two attached hydrogens (primary N) is 1. The predicted octanol–water partition coefficient (Wildman–Crippen LogP) is 6.12. The van der Waals surface area contributed by atoms with Crippen LogP contribution in [0.3, 0.4) is 0 Å². The molecule has 0 bridgehead atoms. The molecule has 32 heavy (non-hydrogen) atoms. The fourth-order valence-electron chi connectivity index (χ4n) is 11.2. The smallest absolute Gasteiger partial charge is 0.138 e. The van der Waals surface area contributed by atoms with Crippen molar-refractivity contribution in [3.8, 4) is 0 Å². The largest absolute Gasteiger partial charge is 0.390 e. The SMILES string of the molecule is CC1(C)C(=O)CC[C@@]2(C)C1CC[C@]1(C)C2CCC2C3[C@H](C(C)(C)O)CC[C@]3(C)CC[C@]21N. The fraction of sp³-hybridized carbons (Fsp3) is 0.966. The molecule has 4 unspecified atom stereocenters. The molecule has 3 heteroatoms. The third-order valence-electron chi connectivity index (χ3n) is 13.0. The van der Waals surface area contributed by atoms with Crippen molar-refractivity contribution in [2.75, 3.05) is 0 Å². The summed E-state index contributed by atoms with van der Waals surface area (Å²) < 4.78 is 0. The number of hydrogen-bond acceptors (Lipinski definition) is 3. The normalized spacial score (nSPS) is 54.9. The van der Waals surface area contributed by atoms with E-state index >= 15 is 0 Å². The summed E-state index contributed by atoms with van der Waals surface area (Å²) in [5, 5.41) is 11.1. The molecule has 0 radical (unpaired) electrons. The van der Waals surface area contributed by atoms with Crippen LogP contribution < -0.4 is 5.73 Å². The van der Waals surface area contributed by atoms with E-state index in [2.05, 4.69) is 34.6 Å². The van der Waals surface area contributed by atoms with E-state index in [1.165, 1.54) is 25.7 Å². The van der Waals surface area contributed by atoms with Crippen LogP contribution in [0.5, 0.6) is 0 Å². The van der Waals surface area contributed by atoms with Gasteiger partial charge in [-0.15, -0.1) is 0 Å². The summed E-state index contributed by atoms with van der Waals surface area (Å²) in [4.78, 5) is 12.9. The van der Waals surface area contributed by atoms with Gasteiger partial charge >= 0.3 is 0 Å². The monoisotopic (exact) mass is 443 g/mol. The summed E-state index contributed by atoms with van der Waals surface area (Å²) in [6, 6.07) is 0. The molecule has 9 atom stereocenters. The lowest BCUT2D eigenvalue weighted by Crippen LogP contribution is -2.73. The van der Waals surface area contributed by atoms with E-state index < -0.39 is 5.60 Å². The van der Waals surface area contributed by atoms with Crippen molar-refractivity contribution in [2.45, 2.75) is 124 Å². The highest BCUT2D eigenvalue weighted by atomic mass is 16.3. The molecule has 3 N–H and O–H groups in total. The third-order valence-corrected chi connectivity index (χ3v) is 13.0. The highest BCUT2D eigenvalue weighted by Gasteiger charge is 2.71. The summed E-state index contributed by atoms with van der Waals surface area (Å²) >= 11 is 0. The average Bonchev–Trinajstić information content (AvgIpc) is 3.04. The van der Waals surface area contributed by atoms with E-state index in [1.54, 1.807) is 0 Å². The molecule has 0 aromatic heterocycles. The van der Waals surface area contributed by atoms with E-state index in [0.717, 1.165) is 38.5 Å². The van der Waals surface area contributed by atoms with Gasteiger partial charge in [0.05, 0.1) is 5.60 Å². The molecule has 182 valence electrons. The molecule has 0 spiro atoms. The van der Waals surface area contributed by atoms with Crippen molar-refractivity contribution in [1.29, 1.82) is 0 Å². The Hall–Kier alpha value is -0.410. The second-order valence-corrected chi connectivity index (χ2v) is 14.9. The summed E-state index contributed by atoms with van der Waals surface area (Å²) in [6.07, 6.45) is 11.3. The first kappa shape index (κ1) is 23.3. The Morgan fingerprint density at radius 3 is 2.22 bits per heavy atom. The summed E-state index contributed by atoms with van der Waals surface area (Å²) in [5.41, 5.74) is 7.41. The first-order valence-electron chi connectivity index (χ1n) is 13.7. The molecule has 3 nitrogen and oxygen atoms in total. The highest BCUT2D eigenvalue weighted by Crippen LogP contribution is 2.74. The van der Waals surface area contributed by atoms with Crippen molar-refractivity contribution < 1.29 is 9.90 Å². The van der Waals surface area contributed by atoms with E-state index in [1.807, 2.05) is 13.8 Å². The number of aliphatic hydroxyl groups is 1. The van der Waals surface area contributed by atoms with Gasteiger partial charge in [-0.2, -0.15) is 0 Å². The summed E-state index contributed by atoms with van der Waals surface area (Å²) in [7, 11) is 0.